The van der Waals surface area contributed by atoms with Crippen molar-refractivity contribution in [1.82, 2.24) is 19.9 Å². The molecule has 0 unspecified atom stereocenters. The van der Waals surface area contributed by atoms with Crippen LogP contribution in [0.2, 0.25) is 0 Å². The Labute approximate surface area is 324 Å². The first-order valence-electron chi connectivity index (χ1n) is 18.8. The van der Waals surface area contributed by atoms with Gasteiger partial charge in [0, 0.05) is 40.8 Å². The van der Waals surface area contributed by atoms with Gasteiger partial charge in [-0.05, 0) is 93.0 Å². The molecule has 56 heavy (non-hydrogen) atoms. The highest BCUT2D eigenvalue weighted by Gasteiger charge is 2.52. The zero-order valence-corrected chi connectivity index (χ0v) is 30.2. The van der Waals surface area contributed by atoms with Gasteiger partial charge in [-0.1, -0.05) is 127 Å². The summed E-state index contributed by atoms with van der Waals surface area (Å²) in [5.74, 6) is 2.39. The molecule has 9 aromatic rings. The van der Waals surface area contributed by atoms with Crippen molar-refractivity contribution in [2.75, 3.05) is 0 Å². The quantitative estimate of drug-likeness (QED) is 0.177. The Bertz CT molecular complexity index is 2840. The fourth-order valence-corrected chi connectivity index (χ4v) is 8.80. The van der Waals surface area contributed by atoms with E-state index in [0.29, 0.717) is 5.82 Å². The smallest absolute Gasteiger partial charge is 0.160 e. The molecule has 1 aliphatic heterocycles. The summed E-state index contributed by atoms with van der Waals surface area (Å²) in [6.45, 7) is 0. The molecule has 0 atom stereocenters. The molecule has 0 fully saturated rings. The molecule has 5 heteroatoms. The summed E-state index contributed by atoms with van der Waals surface area (Å²) in [7, 11) is 0. The van der Waals surface area contributed by atoms with Crippen molar-refractivity contribution in [2.24, 2.45) is 0 Å². The average molecular weight is 717 g/mol. The van der Waals surface area contributed by atoms with Gasteiger partial charge in [-0.2, -0.15) is 0 Å². The van der Waals surface area contributed by atoms with E-state index in [1.165, 1.54) is 22.3 Å². The molecule has 0 bridgehead atoms. The molecule has 0 amide bonds. The zero-order valence-electron chi connectivity index (χ0n) is 30.2. The first-order chi connectivity index (χ1) is 27.8. The number of pyridine rings is 2. The van der Waals surface area contributed by atoms with Crippen molar-refractivity contribution in [2.45, 2.75) is 5.41 Å². The Kier molecular flexibility index (Phi) is 7.32. The molecular weight excluding hydrogens is 685 g/mol. The lowest BCUT2D eigenvalue weighted by Gasteiger charge is -2.39. The van der Waals surface area contributed by atoms with Gasteiger partial charge in [0.25, 0.3) is 0 Å². The minimum atomic E-state index is -0.610. The molecule has 0 saturated carbocycles. The van der Waals surface area contributed by atoms with Crippen molar-refractivity contribution in [3.05, 3.63) is 217 Å². The number of rotatable bonds is 5. The Morgan fingerprint density at radius 2 is 0.946 bits per heavy atom. The fourth-order valence-electron chi connectivity index (χ4n) is 8.80. The van der Waals surface area contributed by atoms with Gasteiger partial charge < -0.3 is 4.74 Å². The Hall–Kier alpha value is -7.50. The van der Waals surface area contributed by atoms with Gasteiger partial charge in [-0.15, -0.1) is 0 Å². The third-order valence-corrected chi connectivity index (χ3v) is 11.1. The van der Waals surface area contributed by atoms with Gasteiger partial charge >= 0.3 is 0 Å². The lowest BCUT2D eigenvalue weighted by molar-refractivity contribution is 0.436. The maximum absolute atomic E-state index is 6.65. The van der Waals surface area contributed by atoms with Crippen molar-refractivity contribution < 1.29 is 4.74 Å². The van der Waals surface area contributed by atoms with Crippen LogP contribution in [0.1, 0.15) is 22.3 Å². The third-order valence-electron chi connectivity index (χ3n) is 11.1. The van der Waals surface area contributed by atoms with Crippen LogP contribution >= 0.6 is 0 Å². The molecule has 4 heterocycles. The number of hydrogen-bond donors (Lipinski definition) is 0. The number of para-hydroxylation sites is 2. The number of hydrogen-bond acceptors (Lipinski definition) is 5. The van der Waals surface area contributed by atoms with Gasteiger partial charge in [0.1, 0.15) is 11.5 Å². The van der Waals surface area contributed by atoms with E-state index in [2.05, 4.69) is 131 Å². The minimum Gasteiger partial charge on any atom is -0.457 e. The van der Waals surface area contributed by atoms with Crippen LogP contribution in [-0.4, -0.2) is 19.9 Å². The lowest BCUT2D eigenvalue weighted by Crippen LogP contribution is -2.32. The number of benzene rings is 6. The second-order valence-electron chi connectivity index (χ2n) is 14.2. The van der Waals surface area contributed by atoms with Gasteiger partial charge in [-0.25, -0.2) is 9.97 Å². The molecule has 3 aromatic heterocycles. The number of fused-ring (bicyclic) bond motifs is 9. The summed E-state index contributed by atoms with van der Waals surface area (Å²) in [5.41, 5.74) is 15.4. The van der Waals surface area contributed by atoms with E-state index in [9.17, 15) is 0 Å². The van der Waals surface area contributed by atoms with Crippen LogP contribution in [0.4, 0.5) is 0 Å². The standard InChI is InChI=1S/C51H32N4O/c1-2-13-34(14-3-1)50-54-44(32-45(55-50)43-23-8-9-28-53-43)36-16-10-15-35(31-36)38-18-12-22-42-49(38)48-37(33-26-29-52-30-27-33)17-11-21-41(48)51(42)39-19-4-6-24-46(39)56-47-25-7-5-20-40(47)51/h1-32H. The third kappa shape index (κ3) is 4.88. The maximum Gasteiger partial charge on any atom is 0.160 e. The van der Waals surface area contributed by atoms with Crippen LogP contribution < -0.4 is 4.74 Å². The Morgan fingerprint density at radius 1 is 0.375 bits per heavy atom. The lowest BCUT2D eigenvalue weighted by atomic mass is 9.66. The maximum atomic E-state index is 6.65. The SMILES string of the molecule is c1ccc(-c2nc(-c3cccc(-c4cccc5c4-c4c(-c6ccncc6)cccc4C54c5ccccc5Oc5ccccc54)c3)cc(-c3ccccn3)n2)cc1. The minimum absolute atomic E-state index is 0.610. The molecule has 5 nitrogen and oxygen atoms in total. The van der Waals surface area contributed by atoms with Crippen molar-refractivity contribution in [3.8, 4) is 78.9 Å². The van der Waals surface area contributed by atoms with Crippen LogP contribution in [0.3, 0.4) is 0 Å². The molecule has 0 radical (unpaired) electrons. The van der Waals surface area contributed by atoms with E-state index in [0.717, 1.165) is 73.1 Å². The van der Waals surface area contributed by atoms with Gasteiger partial charge in [0.05, 0.1) is 22.5 Å². The Balaban J connectivity index is 1.18. The predicted molar refractivity (Wildman–Crippen MR) is 222 cm³/mol. The topological polar surface area (TPSA) is 60.8 Å². The monoisotopic (exact) mass is 716 g/mol. The summed E-state index contributed by atoms with van der Waals surface area (Å²) in [4.78, 5) is 19.2. The van der Waals surface area contributed by atoms with Crippen LogP contribution in [0.15, 0.2) is 195 Å². The van der Waals surface area contributed by atoms with E-state index < -0.39 is 5.41 Å². The second kappa shape index (κ2) is 12.8. The van der Waals surface area contributed by atoms with E-state index in [1.54, 1.807) is 6.20 Å². The summed E-state index contributed by atoms with van der Waals surface area (Å²) >= 11 is 0. The highest BCUT2D eigenvalue weighted by molar-refractivity contribution is 6.02. The molecule has 1 spiro atoms. The molecule has 1 aliphatic carbocycles. The predicted octanol–water partition coefficient (Wildman–Crippen LogP) is 12.1. The van der Waals surface area contributed by atoms with E-state index in [4.69, 9.17) is 14.7 Å². The van der Waals surface area contributed by atoms with Gasteiger partial charge in [0.2, 0.25) is 0 Å². The van der Waals surface area contributed by atoms with Crippen LogP contribution in [0.25, 0.3) is 67.4 Å². The molecule has 262 valence electrons. The summed E-state index contributed by atoms with van der Waals surface area (Å²) in [6, 6.07) is 61.6. The molecule has 0 saturated heterocycles. The number of nitrogens with zero attached hydrogens (tertiary/aromatic N) is 4. The van der Waals surface area contributed by atoms with Gasteiger partial charge in [0.15, 0.2) is 5.82 Å². The Morgan fingerprint density at radius 3 is 1.64 bits per heavy atom. The van der Waals surface area contributed by atoms with Crippen molar-refractivity contribution in [3.63, 3.8) is 0 Å². The van der Waals surface area contributed by atoms with Crippen LogP contribution in [0, 0.1) is 0 Å². The largest absolute Gasteiger partial charge is 0.457 e. The van der Waals surface area contributed by atoms with E-state index >= 15 is 0 Å². The highest BCUT2D eigenvalue weighted by atomic mass is 16.5. The summed E-state index contributed by atoms with van der Waals surface area (Å²) in [6.07, 6.45) is 5.55. The number of ether oxygens (including phenoxy) is 1. The number of aromatic nitrogens is 4. The molecular formula is C51H32N4O. The second-order valence-corrected chi connectivity index (χ2v) is 14.2. The zero-order chi connectivity index (χ0) is 37.1. The highest BCUT2D eigenvalue weighted by Crippen LogP contribution is 2.64. The average Bonchev–Trinajstić information content (AvgIpc) is 3.58. The van der Waals surface area contributed by atoms with Crippen LogP contribution in [-0.2, 0) is 5.41 Å². The van der Waals surface area contributed by atoms with E-state index in [-0.39, 0.29) is 0 Å². The van der Waals surface area contributed by atoms with Crippen molar-refractivity contribution in [1.29, 1.82) is 0 Å². The van der Waals surface area contributed by atoms with Gasteiger partial charge in [-0.3, -0.25) is 9.97 Å². The summed E-state index contributed by atoms with van der Waals surface area (Å²) < 4.78 is 6.65. The normalized spacial score (nSPS) is 12.9. The van der Waals surface area contributed by atoms with Crippen LogP contribution in [0.5, 0.6) is 11.5 Å². The van der Waals surface area contributed by atoms with Crippen molar-refractivity contribution >= 4 is 0 Å². The molecule has 2 aliphatic rings. The molecule has 11 rings (SSSR count). The van der Waals surface area contributed by atoms with E-state index in [1.807, 2.05) is 67.0 Å². The summed E-state index contributed by atoms with van der Waals surface area (Å²) in [5, 5.41) is 0. The molecule has 6 aromatic carbocycles. The molecule has 0 N–H and O–H groups in total. The fraction of sp³-hybridized carbons (Fsp3) is 0.0196. The first-order valence-corrected chi connectivity index (χ1v) is 18.8. The first kappa shape index (κ1) is 32.0.